The molecule has 1 aromatic rings. The van der Waals surface area contributed by atoms with E-state index in [0.29, 0.717) is 6.42 Å². The van der Waals surface area contributed by atoms with Gasteiger partial charge in [-0.1, -0.05) is 0 Å². The molecule has 1 aromatic heterocycles. The molecule has 0 radical (unpaired) electrons. The number of anilines is 1. The second-order valence-corrected chi connectivity index (χ2v) is 6.77. The van der Waals surface area contributed by atoms with Gasteiger partial charge in [0.2, 0.25) is 5.91 Å². The summed E-state index contributed by atoms with van der Waals surface area (Å²) in [5.74, 6) is -0.557. The number of carbonyl (C=O) groups is 4. The number of aromatic nitrogens is 2. The van der Waals surface area contributed by atoms with Crippen molar-refractivity contribution in [3.05, 3.63) is 11.8 Å². The van der Waals surface area contributed by atoms with Gasteiger partial charge in [-0.15, -0.1) is 0 Å². The third-order valence-electron chi connectivity index (χ3n) is 4.60. The largest absolute Gasteiger partial charge is 0.652 e. The van der Waals surface area contributed by atoms with Crippen LogP contribution in [0.15, 0.2) is 6.20 Å². The van der Waals surface area contributed by atoms with E-state index in [4.69, 9.17) is 35.7 Å². The predicted molar refractivity (Wildman–Crippen MR) is 93.2 cm³/mol. The van der Waals surface area contributed by atoms with E-state index >= 15 is 0 Å². The number of rotatable bonds is 5. The van der Waals surface area contributed by atoms with Crippen LogP contribution in [0.5, 0.6) is 0 Å². The summed E-state index contributed by atoms with van der Waals surface area (Å²) in [5, 5.41) is 52.9. The van der Waals surface area contributed by atoms with E-state index in [1.54, 1.807) is 10.9 Å². The summed E-state index contributed by atoms with van der Waals surface area (Å²) in [5.41, 5.74) is 5.15. The third-order valence-corrected chi connectivity index (χ3v) is 4.60. The van der Waals surface area contributed by atoms with Crippen molar-refractivity contribution in [1.29, 1.82) is 5.26 Å². The molecule has 2 aliphatic rings. The van der Waals surface area contributed by atoms with Crippen molar-refractivity contribution in [3.63, 3.8) is 0 Å². The fourth-order valence-corrected chi connectivity index (χ4v) is 2.98. The Labute approximate surface area is 204 Å². The van der Waals surface area contributed by atoms with Crippen molar-refractivity contribution < 1.29 is 68.8 Å². The Morgan fingerprint density at radius 2 is 1.69 bits per heavy atom. The van der Waals surface area contributed by atoms with E-state index < -0.39 is 23.8 Å². The molecule has 15 heteroatoms. The Balaban J connectivity index is 0.000000928. The minimum atomic E-state index is -2.33. The van der Waals surface area contributed by atoms with E-state index in [0.717, 1.165) is 38.8 Å². The molecule has 0 unspecified atom stereocenters. The van der Waals surface area contributed by atoms with E-state index in [-0.39, 0.29) is 52.4 Å². The molecule has 1 aliphatic carbocycles. The van der Waals surface area contributed by atoms with Crippen LogP contribution in [0.25, 0.3) is 0 Å². The molecule has 3 rings (SSSR count). The van der Waals surface area contributed by atoms with Crippen LogP contribution in [0.1, 0.15) is 42.5 Å². The summed E-state index contributed by atoms with van der Waals surface area (Å²) < 4.78 is 1.65. The molecule has 2 heterocycles. The van der Waals surface area contributed by atoms with Gasteiger partial charge in [-0.05, 0) is 51.1 Å². The standard InChI is InChI=1S/C15H20N6O2.2CH2O3.Pu/c16-6-3-15(4-7-18-8-5-15)21-9-11(12(17)22)13(20-21)19-14(23)10-1-2-10;2*2-1(3)4;/h9-10,18H,1-5,7-8H2,(H2,17,22)(H,19,20,23);2*(H2,2,3,4);/p-4. The van der Waals surface area contributed by atoms with Crippen LogP contribution in [0.4, 0.5) is 15.4 Å². The molecule has 14 nitrogen and oxygen atoms in total. The van der Waals surface area contributed by atoms with E-state index in [1.807, 2.05) is 0 Å². The number of nitriles is 1. The van der Waals surface area contributed by atoms with E-state index in [9.17, 15) is 14.9 Å². The van der Waals surface area contributed by atoms with Crippen molar-refractivity contribution in [2.24, 2.45) is 11.7 Å². The summed E-state index contributed by atoms with van der Waals surface area (Å²) in [6, 6.07) is 2.21. The molecule has 0 spiro atoms. The monoisotopic (exact) mass is 674 g/mol. The van der Waals surface area contributed by atoms with Gasteiger partial charge in [0.05, 0.1) is 18.0 Å². The summed E-state index contributed by atoms with van der Waals surface area (Å²) in [7, 11) is 0. The Hall–Kier alpha value is -2.87. The van der Waals surface area contributed by atoms with Crippen LogP contribution < -0.4 is 36.8 Å². The first-order valence-electron chi connectivity index (χ1n) is 9.07. The van der Waals surface area contributed by atoms with Gasteiger partial charge in [0.15, 0.2) is 5.82 Å². The van der Waals surface area contributed by atoms with E-state index in [1.165, 1.54) is 0 Å². The number of carboxylic acid groups (broad SMARTS) is 4. The number of nitrogens with one attached hydrogen (secondary N) is 2. The van der Waals surface area contributed by atoms with Gasteiger partial charge in [0.1, 0.15) is 5.56 Å². The Morgan fingerprint density at radius 3 is 2.09 bits per heavy atom. The van der Waals surface area contributed by atoms with Crippen LogP contribution in [-0.4, -0.2) is 47.0 Å². The quantitative estimate of drug-likeness (QED) is 0.267. The van der Waals surface area contributed by atoms with Crippen LogP contribution in [0.3, 0.4) is 0 Å². The summed E-state index contributed by atoms with van der Waals surface area (Å²) in [6.45, 7) is 1.55. The summed E-state index contributed by atoms with van der Waals surface area (Å²) in [4.78, 5) is 40.3. The molecule has 1 saturated heterocycles. The van der Waals surface area contributed by atoms with E-state index in [2.05, 4.69) is 21.8 Å². The number of nitrogens with two attached hydrogens (primary N) is 1. The average Bonchev–Trinajstić information content (AvgIpc) is 3.42. The Bertz CT molecular complexity index is 838. The number of hydrogen-bond donors (Lipinski definition) is 3. The van der Waals surface area contributed by atoms with Crippen molar-refractivity contribution in [3.8, 4) is 6.07 Å². The normalized spacial score (nSPS) is 15.7. The number of hydrogen-bond acceptors (Lipinski definition) is 11. The van der Waals surface area contributed by atoms with Crippen LogP contribution in [0.2, 0.25) is 0 Å². The minimum absolute atomic E-state index is 0. The van der Waals surface area contributed by atoms with Gasteiger partial charge >= 0.3 is 0 Å². The molecular weight excluding hydrogens is 660 g/mol. The summed E-state index contributed by atoms with van der Waals surface area (Å²) >= 11 is 0. The number of piperidine rings is 1. The van der Waals surface area contributed by atoms with Crippen LogP contribution in [0, 0.1) is 46.4 Å². The van der Waals surface area contributed by atoms with Gasteiger partial charge in [-0.25, -0.2) is 0 Å². The number of carbonyl (C=O) groups excluding carboxylic acids is 4. The number of primary amides is 1. The van der Waals surface area contributed by atoms with Gasteiger partial charge in [0, 0.05) is 41.3 Å². The van der Waals surface area contributed by atoms with Crippen molar-refractivity contribution >= 4 is 29.9 Å². The van der Waals surface area contributed by atoms with Gasteiger partial charge in [-0.3, -0.25) is 14.3 Å². The second-order valence-electron chi connectivity index (χ2n) is 6.77. The van der Waals surface area contributed by atoms with Crippen molar-refractivity contribution in [2.75, 3.05) is 18.4 Å². The molecule has 0 atom stereocenters. The SMILES string of the molecule is N#CCC1(n2cc(C(N)=O)c(NC(=O)C3CC3)n2)CCNCC1.O=C([O-])[O-].O=C([O-])[O-].[Pu]. The molecule has 32 heavy (non-hydrogen) atoms. The zero-order valence-electron chi connectivity index (χ0n) is 16.7. The average molecular weight is 680 g/mol. The topological polar surface area (TPSA) is 252 Å². The van der Waals surface area contributed by atoms with Crippen molar-refractivity contribution in [2.45, 2.75) is 37.6 Å². The molecular formula is C17H20N6O8Pu-4. The first-order valence-corrected chi connectivity index (χ1v) is 9.07. The fourth-order valence-electron chi connectivity index (χ4n) is 2.98. The van der Waals surface area contributed by atoms with Gasteiger partial charge < -0.3 is 46.4 Å². The molecule has 4 N–H and O–H groups in total. The van der Waals surface area contributed by atoms with Gasteiger partial charge in [0.25, 0.3) is 5.91 Å². The maximum atomic E-state index is 12.0. The molecule has 2 fully saturated rings. The molecule has 176 valence electrons. The summed E-state index contributed by atoms with van der Waals surface area (Å²) in [6.07, 6.45) is 0.385. The predicted octanol–water partition coefficient (Wildman–Crippen LogP) is -4.57. The fraction of sp³-hybridized carbons (Fsp3) is 0.529. The zero-order valence-corrected chi connectivity index (χ0v) is 20.1. The molecule has 0 aromatic carbocycles. The molecule has 1 aliphatic heterocycles. The van der Waals surface area contributed by atoms with Gasteiger partial charge in [-0.2, -0.15) is 10.4 Å². The molecule has 2 amide bonds. The smallest absolute Gasteiger partial charge is 0.254 e. The minimum Gasteiger partial charge on any atom is -0.652 e. The Kier molecular flexibility index (Phi) is 12.3. The maximum absolute atomic E-state index is 12.0. The first kappa shape index (κ1) is 29.1. The first-order chi connectivity index (χ1) is 14.5. The van der Waals surface area contributed by atoms with Crippen LogP contribution >= 0.6 is 0 Å². The maximum Gasteiger partial charge on any atom is 0.254 e. The molecule has 1 saturated carbocycles. The second kappa shape index (κ2) is 13.5. The Morgan fingerprint density at radius 1 is 1.19 bits per heavy atom. The number of amides is 2. The number of nitrogens with zero attached hydrogens (tertiary/aromatic N) is 3. The van der Waals surface area contributed by atoms with Crippen molar-refractivity contribution in [1.82, 2.24) is 15.1 Å². The molecule has 0 bridgehead atoms. The third kappa shape index (κ3) is 9.51. The zero-order chi connectivity index (χ0) is 23.6. The van der Waals surface area contributed by atoms with Crippen LogP contribution in [-0.2, 0) is 10.3 Å².